The normalized spacial score (nSPS) is 12.6. The molecule has 2 rings (SSSR count). The van der Waals surface area contributed by atoms with E-state index in [4.69, 9.17) is 32.7 Å². The number of hydrogen-bond donors (Lipinski definition) is 2. The van der Waals surface area contributed by atoms with Crippen LogP contribution in [0.15, 0.2) is 36.4 Å². The molecule has 2 amide bonds. The van der Waals surface area contributed by atoms with Crippen molar-refractivity contribution in [1.82, 2.24) is 10.6 Å². The molecule has 0 saturated carbocycles. The zero-order valence-electron chi connectivity index (χ0n) is 17.4. The Morgan fingerprint density at radius 3 is 1.50 bits per heavy atom. The third-order valence-electron chi connectivity index (χ3n) is 4.34. The van der Waals surface area contributed by atoms with Gasteiger partial charge in [0.05, 0.1) is 0 Å². The third kappa shape index (κ3) is 7.11. The van der Waals surface area contributed by atoms with Crippen LogP contribution in [0.4, 0.5) is 0 Å². The van der Waals surface area contributed by atoms with E-state index in [1.807, 2.05) is 13.8 Å². The van der Waals surface area contributed by atoms with Crippen LogP contribution in [0.1, 0.15) is 25.0 Å². The molecular formula is C22H26Cl2N2O4. The van der Waals surface area contributed by atoms with Gasteiger partial charge in [-0.1, -0.05) is 23.2 Å². The molecule has 0 aliphatic rings. The smallest absolute Gasteiger partial charge is 0.260 e. The van der Waals surface area contributed by atoms with Crippen LogP contribution in [0.5, 0.6) is 11.5 Å². The summed E-state index contributed by atoms with van der Waals surface area (Å²) in [7, 11) is 0. The van der Waals surface area contributed by atoms with Crippen molar-refractivity contribution in [3.05, 3.63) is 57.6 Å². The number of nitrogens with one attached hydrogen (secondary N) is 2. The Bertz CT molecular complexity index is 831. The average Bonchev–Trinajstić information content (AvgIpc) is 2.68. The standard InChI is InChI=1S/C22H26Cl2N2O4/c1-13-11-17(23)5-7-19(13)29-15(3)21(27)25-9-10-26-22(28)16(4)30-20-8-6-18(24)12-14(20)2/h5-8,11-12,15-16H,9-10H2,1-4H3,(H,25,27)(H,26,28)/t15-,16+. The van der Waals surface area contributed by atoms with Crippen LogP contribution in [0, 0.1) is 13.8 Å². The first-order valence-electron chi connectivity index (χ1n) is 9.58. The number of ether oxygens (including phenoxy) is 2. The Kier molecular flexibility index (Phi) is 8.81. The lowest BCUT2D eigenvalue weighted by molar-refractivity contribution is -0.129. The SMILES string of the molecule is Cc1cc(Cl)ccc1O[C@@H](C)C(=O)NCCNC(=O)[C@@H](C)Oc1ccc(Cl)cc1C. The van der Waals surface area contributed by atoms with Crippen LogP contribution in [0.2, 0.25) is 10.0 Å². The fourth-order valence-corrected chi connectivity index (χ4v) is 3.09. The van der Waals surface area contributed by atoms with Gasteiger partial charge in [-0.2, -0.15) is 0 Å². The predicted octanol–water partition coefficient (Wildman–Crippen LogP) is 4.08. The molecule has 0 saturated heterocycles. The minimum Gasteiger partial charge on any atom is -0.481 e. The molecule has 2 aromatic rings. The maximum Gasteiger partial charge on any atom is 0.260 e. The summed E-state index contributed by atoms with van der Waals surface area (Å²) in [5.41, 5.74) is 1.69. The number of hydrogen-bond acceptors (Lipinski definition) is 4. The van der Waals surface area contributed by atoms with Gasteiger partial charge in [0, 0.05) is 23.1 Å². The van der Waals surface area contributed by atoms with Crippen molar-refractivity contribution in [2.75, 3.05) is 13.1 Å². The van der Waals surface area contributed by atoms with Gasteiger partial charge in [0.25, 0.3) is 11.8 Å². The number of rotatable bonds is 9. The lowest BCUT2D eigenvalue weighted by Crippen LogP contribution is -2.43. The summed E-state index contributed by atoms with van der Waals surface area (Å²) in [4.78, 5) is 24.4. The van der Waals surface area contributed by atoms with Crippen LogP contribution in [0.25, 0.3) is 0 Å². The summed E-state index contributed by atoms with van der Waals surface area (Å²) in [5.74, 6) is 0.636. The minimum absolute atomic E-state index is 0.268. The van der Waals surface area contributed by atoms with E-state index in [2.05, 4.69) is 10.6 Å². The molecule has 6 nitrogen and oxygen atoms in total. The highest BCUT2D eigenvalue weighted by Crippen LogP contribution is 2.23. The largest absolute Gasteiger partial charge is 0.481 e. The van der Waals surface area contributed by atoms with Crippen LogP contribution >= 0.6 is 23.2 Å². The van der Waals surface area contributed by atoms with Gasteiger partial charge in [-0.15, -0.1) is 0 Å². The molecule has 0 fully saturated rings. The second kappa shape index (κ2) is 11.1. The third-order valence-corrected chi connectivity index (χ3v) is 4.81. The summed E-state index contributed by atoms with van der Waals surface area (Å²) in [6, 6.07) is 10.4. The van der Waals surface area contributed by atoms with Crippen LogP contribution in [0.3, 0.4) is 0 Å². The molecule has 30 heavy (non-hydrogen) atoms. The van der Waals surface area contributed by atoms with E-state index in [-0.39, 0.29) is 24.9 Å². The van der Waals surface area contributed by atoms with Crippen molar-refractivity contribution in [2.24, 2.45) is 0 Å². The van der Waals surface area contributed by atoms with Gasteiger partial charge in [0.2, 0.25) is 0 Å². The number of carbonyl (C=O) groups is 2. The van der Waals surface area contributed by atoms with Crippen molar-refractivity contribution in [1.29, 1.82) is 0 Å². The molecule has 2 atom stereocenters. The Morgan fingerprint density at radius 2 is 1.17 bits per heavy atom. The predicted molar refractivity (Wildman–Crippen MR) is 119 cm³/mol. The number of halogens is 2. The molecule has 0 aliphatic heterocycles. The molecule has 0 bridgehead atoms. The highest BCUT2D eigenvalue weighted by atomic mass is 35.5. The average molecular weight is 453 g/mol. The van der Waals surface area contributed by atoms with Gasteiger partial charge < -0.3 is 20.1 Å². The Balaban J connectivity index is 1.72. The van der Waals surface area contributed by atoms with Crippen molar-refractivity contribution < 1.29 is 19.1 Å². The molecule has 0 aliphatic carbocycles. The summed E-state index contributed by atoms with van der Waals surface area (Å²) in [5, 5.41) is 6.68. The minimum atomic E-state index is -0.685. The quantitative estimate of drug-likeness (QED) is 0.561. The highest BCUT2D eigenvalue weighted by Gasteiger charge is 2.17. The van der Waals surface area contributed by atoms with E-state index in [1.54, 1.807) is 50.2 Å². The fourth-order valence-electron chi connectivity index (χ4n) is 2.64. The maximum absolute atomic E-state index is 12.2. The number of amides is 2. The van der Waals surface area contributed by atoms with Gasteiger partial charge in [-0.25, -0.2) is 0 Å². The van der Waals surface area contributed by atoms with Crippen molar-refractivity contribution in [3.63, 3.8) is 0 Å². The number of carbonyl (C=O) groups excluding carboxylic acids is 2. The summed E-state index contributed by atoms with van der Waals surface area (Å²) >= 11 is 11.8. The van der Waals surface area contributed by atoms with Gasteiger partial charge in [-0.3, -0.25) is 9.59 Å². The van der Waals surface area contributed by atoms with Gasteiger partial charge in [0.1, 0.15) is 11.5 Å². The molecule has 0 radical (unpaired) electrons. The van der Waals surface area contributed by atoms with Crippen LogP contribution in [-0.4, -0.2) is 37.1 Å². The molecule has 0 spiro atoms. The second-order valence-electron chi connectivity index (χ2n) is 6.92. The van der Waals surface area contributed by atoms with Crippen LogP contribution in [-0.2, 0) is 9.59 Å². The molecule has 0 aromatic heterocycles. The molecular weight excluding hydrogens is 427 g/mol. The first-order valence-corrected chi connectivity index (χ1v) is 10.3. The van der Waals surface area contributed by atoms with E-state index in [9.17, 15) is 9.59 Å². The highest BCUT2D eigenvalue weighted by molar-refractivity contribution is 6.31. The van der Waals surface area contributed by atoms with Crippen molar-refractivity contribution in [2.45, 2.75) is 39.9 Å². The van der Waals surface area contributed by atoms with Gasteiger partial charge in [-0.05, 0) is 75.2 Å². The summed E-state index contributed by atoms with van der Waals surface area (Å²) < 4.78 is 11.4. The monoisotopic (exact) mass is 452 g/mol. The maximum atomic E-state index is 12.2. The molecule has 0 unspecified atom stereocenters. The topological polar surface area (TPSA) is 76.7 Å². The number of aryl methyl sites for hydroxylation is 2. The van der Waals surface area contributed by atoms with E-state index in [0.29, 0.717) is 21.5 Å². The van der Waals surface area contributed by atoms with E-state index < -0.39 is 12.2 Å². The lowest BCUT2D eigenvalue weighted by atomic mass is 10.2. The van der Waals surface area contributed by atoms with Gasteiger partial charge >= 0.3 is 0 Å². The summed E-state index contributed by atoms with van der Waals surface area (Å²) in [6.45, 7) is 7.57. The Hall–Kier alpha value is -2.44. The molecule has 0 heterocycles. The number of benzene rings is 2. The van der Waals surface area contributed by atoms with E-state index in [1.165, 1.54) is 0 Å². The first kappa shape index (κ1) is 23.8. The second-order valence-corrected chi connectivity index (χ2v) is 7.79. The fraction of sp³-hybridized carbons (Fsp3) is 0.364. The van der Waals surface area contributed by atoms with E-state index in [0.717, 1.165) is 11.1 Å². The molecule has 162 valence electrons. The molecule has 2 aromatic carbocycles. The zero-order valence-corrected chi connectivity index (χ0v) is 18.9. The zero-order chi connectivity index (χ0) is 22.3. The molecule has 8 heteroatoms. The lowest BCUT2D eigenvalue weighted by Gasteiger charge is -2.18. The van der Waals surface area contributed by atoms with Crippen molar-refractivity contribution in [3.8, 4) is 11.5 Å². The van der Waals surface area contributed by atoms with Gasteiger partial charge in [0.15, 0.2) is 12.2 Å². The van der Waals surface area contributed by atoms with Crippen molar-refractivity contribution >= 4 is 35.0 Å². The Morgan fingerprint density at radius 1 is 0.800 bits per heavy atom. The Labute approximate surface area is 186 Å². The van der Waals surface area contributed by atoms with E-state index >= 15 is 0 Å². The summed E-state index contributed by atoms with van der Waals surface area (Å²) in [6.07, 6.45) is -1.37. The molecule has 2 N–H and O–H groups in total. The first-order chi connectivity index (χ1) is 14.2. The van der Waals surface area contributed by atoms with Crippen LogP contribution < -0.4 is 20.1 Å².